The Morgan fingerprint density at radius 3 is 2.43 bits per heavy atom. The van der Waals surface area contributed by atoms with Crippen LogP contribution < -0.4 is 0 Å². The van der Waals surface area contributed by atoms with Gasteiger partial charge in [0.15, 0.2) is 12.4 Å². The van der Waals surface area contributed by atoms with E-state index in [4.69, 9.17) is 23.7 Å². The molecule has 0 saturated carbocycles. The van der Waals surface area contributed by atoms with Gasteiger partial charge in [0.1, 0.15) is 6.10 Å². The predicted octanol–water partition coefficient (Wildman–Crippen LogP) is 2.36. The van der Waals surface area contributed by atoms with Crippen LogP contribution >= 0.6 is 15.9 Å². The van der Waals surface area contributed by atoms with Gasteiger partial charge in [-0.3, -0.25) is 0 Å². The summed E-state index contributed by atoms with van der Waals surface area (Å²) in [7, 11) is 4.56. The fourth-order valence-corrected chi connectivity index (χ4v) is 3.10. The number of esters is 1. The number of carbonyl (C=O) groups is 1. The van der Waals surface area contributed by atoms with Crippen molar-refractivity contribution in [3.05, 3.63) is 35.9 Å². The van der Waals surface area contributed by atoms with Crippen LogP contribution in [0, 0.1) is 0 Å². The molecule has 1 fully saturated rings. The third-order valence-corrected chi connectivity index (χ3v) is 4.54. The van der Waals surface area contributed by atoms with Crippen molar-refractivity contribution >= 4 is 21.9 Å². The first kappa shape index (κ1) is 18.4. The Morgan fingerprint density at radius 2 is 1.91 bits per heavy atom. The molecule has 0 bridgehead atoms. The van der Waals surface area contributed by atoms with Crippen LogP contribution in [0.1, 0.15) is 16.8 Å². The summed E-state index contributed by atoms with van der Waals surface area (Å²) in [6.45, 7) is 0. The lowest BCUT2D eigenvalue weighted by molar-refractivity contribution is -0.347. The van der Waals surface area contributed by atoms with E-state index < -0.39 is 30.3 Å². The lowest BCUT2D eigenvalue weighted by Gasteiger charge is -2.46. The zero-order valence-electron chi connectivity index (χ0n) is 13.4. The average molecular weight is 389 g/mol. The van der Waals surface area contributed by atoms with Gasteiger partial charge < -0.3 is 23.7 Å². The Morgan fingerprint density at radius 1 is 1.26 bits per heavy atom. The average Bonchev–Trinajstić information content (AvgIpc) is 2.62. The lowest BCUT2D eigenvalue weighted by Crippen LogP contribution is -2.61. The summed E-state index contributed by atoms with van der Waals surface area (Å²) < 4.78 is 27.9. The number of benzene rings is 1. The van der Waals surface area contributed by atoms with Crippen LogP contribution in [-0.4, -0.2) is 56.9 Å². The summed E-state index contributed by atoms with van der Waals surface area (Å²) in [4.78, 5) is 12.4. The predicted molar refractivity (Wildman–Crippen MR) is 86.5 cm³/mol. The van der Waals surface area contributed by atoms with Crippen molar-refractivity contribution in [2.24, 2.45) is 0 Å². The van der Waals surface area contributed by atoms with Crippen molar-refractivity contribution in [3.63, 3.8) is 0 Å². The van der Waals surface area contributed by atoms with Crippen LogP contribution in [0.2, 0.25) is 0 Å². The van der Waals surface area contributed by atoms with Gasteiger partial charge in [-0.1, -0.05) is 34.1 Å². The van der Waals surface area contributed by atoms with E-state index in [-0.39, 0.29) is 6.42 Å². The highest BCUT2D eigenvalue weighted by Gasteiger charge is 2.53. The molecule has 128 valence electrons. The van der Waals surface area contributed by atoms with Gasteiger partial charge >= 0.3 is 5.97 Å². The zero-order chi connectivity index (χ0) is 16.9. The molecular formula is C16H21BrO6. The minimum atomic E-state index is -1.14. The van der Waals surface area contributed by atoms with Crippen molar-refractivity contribution in [3.8, 4) is 0 Å². The number of alkyl halides is 1. The fourth-order valence-electron chi connectivity index (χ4n) is 2.61. The number of rotatable bonds is 6. The molecule has 1 heterocycles. The summed E-state index contributed by atoms with van der Waals surface area (Å²) in [6.07, 6.45) is -1.44. The fraction of sp³-hybridized carbons (Fsp3) is 0.562. The maximum Gasteiger partial charge on any atom is 0.338 e. The molecule has 1 aromatic rings. The molecule has 0 radical (unpaired) electrons. The smallest absolute Gasteiger partial charge is 0.338 e. The molecule has 0 spiro atoms. The molecule has 1 saturated heterocycles. The monoisotopic (exact) mass is 388 g/mol. The molecule has 0 aromatic heterocycles. The second kappa shape index (κ2) is 8.21. The van der Waals surface area contributed by atoms with Crippen LogP contribution in [0.25, 0.3) is 0 Å². The van der Waals surface area contributed by atoms with Crippen LogP contribution in [-0.2, 0) is 23.7 Å². The molecule has 1 aliphatic heterocycles. The van der Waals surface area contributed by atoms with E-state index in [0.29, 0.717) is 10.9 Å². The highest BCUT2D eigenvalue weighted by atomic mass is 79.9. The Balaban J connectivity index is 2.25. The van der Waals surface area contributed by atoms with Crippen molar-refractivity contribution < 1.29 is 28.5 Å². The summed E-state index contributed by atoms with van der Waals surface area (Å²) in [5.41, 5.74) is 0.454. The standard InChI is InChI=1S/C16H21BrO6/c1-19-13-9-16(20-2,21-3)14(12(10-17)22-13)23-15(18)11-7-5-4-6-8-11/h4-8,12-14H,9-10H2,1-3H3/t12-,13+,14-/m1/s1. The number of ether oxygens (including phenoxy) is 5. The van der Waals surface area contributed by atoms with Crippen LogP contribution in [0.5, 0.6) is 0 Å². The van der Waals surface area contributed by atoms with E-state index >= 15 is 0 Å². The molecule has 1 aliphatic rings. The molecular weight excluding hydrogens is 368 g/mol. The highest BCUT2D eigenvalue weighted by molar-refractivity contribution is 9.09. The van der Waals surface area contributed by atoms with Gasteiger partial charge in [0.25, 0.3) is 0 Å². The van der Waals surface area contributed by atoms with Gasteiger partial charge in [0.2, 0.25) is 5.79 Å². The number of halogens is 1. The van der Waals surface area contributed by atoms with E-state index in [9.17, 15) is 4.79 Å². The van der Waals surface area contributed by atoms with Gasteiger partial charge in [-0.25, -0.2) is 4.79 Å². The maximum atomic E-state index is 12.4. The van der Waals surface area contributed by atoms with E-state index in [1.807, 2.05) is 6.07 Å². The number of methoxy groups -OCH3 is 3. The molecule has 0 aliphatic carbocycles. The van der Waals surface area contributed by atoms with E-state index in [1.165, 1.54) is 14.2 Å². The van der Waals surface area contributed by atoms with Crippen molar-refractivity contribution in [2.45, 2.75) is 30.7 Å². The second-order valence-electron chi connectivity index (χ2n) is 5.11. The molecule has 3 atom stereocenters. The Hall–Kier alpha value is -0.990. The molecule has 23 heavy (non-hydrogen) atoms. The zero-order valence-corrected chi connectivity index (χ0v) is 14.9. The Labute approximate surface area is 144 Å². The first-order valence-corrected chi connectivity index (χ1v) is 8.33. The minimum absolute atomic E-state index is 0.284. The first-order chi connectivity index (χ1) is 11.1. The normalized spacial score (nSPS) is 26.7. The first-order valence-electron chi connectivity index (χ1n) is 7.20. The SMILES string of the molecule is CO[C@@H]1CC(OC)(OC)[C@H](OC(=O)c2ccccc2)[C@@H](CBr)O1. The lowest BCUT2D eigenvalue weighted by atomic mass is 9.97. The molecule has 0 unspecified atom stereocenters. The summed E-state index contributed by atoms with van der Waals surface area (Å²) in [5, 5.41) is 0.439. The minimum Gasteiger partial charge on any atom is -0.450 e. The largest absolute Gasteiger partial charge is 0.450 e. The number of hydrogen-bond acceptors (Lipinski definition) is 6. The van der Waals surface area contributed by atoms with Gasteiger partial charge in [-0.05, 0) is 12.1 Å². The van der Waals surface area contributed by atoms with Gasteiger partial charge in [0, 0.05) is 26.7 Å². The molecule has 1 aromatic carbocycles. The quantitative estimate of drug-likeness (QED) is 0.423. The number of hydrogen-bond donors (Lipinski definition) is 0. The van der Waals surface area contributed by atoms with E-state index in [1.54, 1.807) is 31.4 Å². The van der Waals surface area contributed by atoms with Crippen LogP contribution in [0.3, 0.4) is 0 Å². The highest BCUT2D eigenvalue weighted by Crippen LogP contribution is 2.36. The van der Waals surface area contributed by atoms with Crippen molar-refractivity contribution in [2.75, 3.05) is 26.7 Å². The molecule has 7 heteroatoms. The topological polar surface area (TPSA) is 63.2 Å². The third-order valence-electron chi connectivity index (χ3n) is 3.90. The maximum absolute atomic E-state index is 12.4. The number of carbonyl (C=O) groups excluding carboxylic acids is 1. The molecule has 0 N–H and O–H groups in total. The Kier molecular flexibility index (Phi) is 6.55. The van der Waals surface area contributed by atoms with Crippen LogP contribution in [0.4, 0.5) is 0 Å². The van der Waals surface area contributed by atoms with Crippen molar-refractivity contribution in [1.82, 2.24) is 0 Å². The molecule has 6 nitrogen and oxygen atoms in total. The van der Waals surface area contributed by atoms with Gasteiger partial charge in [-0.15, -0.1) is 0 Å². The summed E-state index contributed by atoms with van der Waals surface area (Å²) in [5.74, 6) is -1.60. The summed E-state index contributed by atoms with van der Waals surface area (Å²) >= 11 is 3.38. The second-order valence-corrected chi connectivity index (χ2v) is 5.76. The van der Waals surface area contributed by atoms with E-state index in [0.717, 1.165) is 0 Å². The van der Waals surface area contributed by atoms with Crippen LogP contribution in [0.15, 0.2) is 30.3 Å². The van der Waals surface area contributed by atoms with Gasteiger partial charge in [-0.2, -0.15) is 0 Å². The third kappa shape index (κ3) is 3.92. The van der Waals surface area contributed by atoms with Gasteiger partial charge in [0.05, 0.1) is 12.0 Å². The van der Waals surface area contributed by atoms with Crippen molar-refractivity contribution in [1.29, 1.82) is 0 Å². The molecule has 0 amide bonds. The Bertz CT molecular complexity index is 505. The molecule has 2 rings (SSSR count). The summed E-state index contributed by atoms with van der Waals surface area (Å²) in [6, 6.07) is 8.76. The van der Waals surface area contributed by atoms with E-state index in [2.05, 4.69) is 15.9 Å².